The number of esters is 1. The Kier molecular flexibility index (Phi) is 4.15. The van der Waals surface area contributed by atoms with Crippen LogP contribution in [0.25, 0.3) is 0 Å². The number of hydrogen-bond acceptors (Lipinski definition) is 5. The van der Waals surface area contributed by atoms with E-state index >= 15 is 0 Å². The van der Waals surface area contributed by atoms with Gasteiger partial charge in [-0.25, -0.2) is 4.79 Å². The normalized spacial score (nSPS) is 22.1. The van der Waals surface area contributed by atoms with Crippen LogP contribution in [0.5, 0.6) is 0 Å². The molecule has 0 aromatic heterocycles. The van der Waals surface area contributed by atoms with Gasteiger partial charge in [0.1, 0.15) is 5.03 Å². The fourth-order valence-electron chi connectivity index (χ4n) is 0.908. The molecule has 0 bridgehead atoms. The molecule has 0 saturated heterocycles. The van der Waals surface area contributed by atoms with Crippen molar-refractivity contribution in [3.05, 3.63) is 10.1 Å². The highest BCUT2D eigenvalue weighted by Gasteiger charge is 2.33. The van der Waals surface area contributed by atoms with E-state index in [9.17, 15) is 4.79 Å². The first kappa shape index (κ1) is 11.7. The summed E-state index contributed by atoms with van der Waals surface area (Å²) < 4.78 is 4.71. The number of aliphatic hydroxyl groups is 2. The van der Waals surface area contributed by atoms with Crippen LogP contribution in [0.3, 0.4) is 0 Å². The molecule has 1 aliphatic rings. The molecule has 1 atom stereocenters. The second-order valence-electron chi connectivity index (χ2n) is 2.68. The number of hydrogen-bond donors (Lipinski definition) is 3. The molecule has 5 nitrogen and oxygen atoms in total. The largest absolute Gasteiger partial charge is 0.437 e. The van der Waals surface area contributed by atoms with Gasteiger partial charge in [-0.05, 0) is 0 Å². The first-order chi connectivity index (χ1) is 6.60. The van der Waals surface area contributed by atoms with E-state index in [4.69, 9.17) is 38.2 Å². The Labute approximate surface area is 90.3 Å². The van der Waals surface area contributed by atoms with Gasteiger partial charge in [-0.1, -0.05) is 23.2 Å². The highest BCUT2D eigenvalue weighted by molar-refractivity contribution is 6.48. The summed E-state index contributed by atoms with van der Waals surface area (Å²) in [5.41, 5.74) is 0. The van der Waals surface area contributed by atoms with Crippen LogP contribution >= 0.6 is 23.2 Å². The molecule has 1 unspecified atom stereocenters. The number of carbonyl (C=O) groups is 1. The molecular weight excluding hydrogens is 233 g/mol. The molecule has 7 heteroatoms. The molecule has 0 aromatic rings. The summed E-state index contributed by atoms with van der Waals surface area (Å²) in [6.07, 6.45) is -0.888. The predicted octanol–water partition coefficient (Wildman–Crippen LogP) is -0.499. The van der Waals surface area contributed by atoms with Crippen molar-refractivity contribution in [3.8, 4) is 0 Å². The molecule has 1 rings (SSSR count). The van der Waals surface area contributed by atoms with Gasteiger partial charge in [0.2, 0.25) is 0 Å². The minimum absolute atomic E-state index is 0.0311. The SMILES string of the molecule is O=C1OC(NC(CO)CO)C(Cl)=C1Cl. The number of cyclic esters (lactones) is 1. The van der Waals surface area contributed by atoms with Gasteiger partial charge < -0.3 is 14.9 Å². The monoisotopic (exact) mass is 241 g/mol. The highest BCUT2D eigenvalue weighted by atomic mass is 35.5. The molecule has 1 aliphatic heterocycles. The molecule has 0 amide bonds. The maximum absolute atomic E-state index is 10.9. The van der Waals surface area contributed by atoms with Crippen LogP contribution in [0.2, 0.25) is 0 Å². The van der Waals surface area contributed by atoms with Gasteiger partial charge >= 0.3 is 5.97 Å². The molecule has 0 radical (unpaired) electrons. The fraction of sp³-hybridized carbons (Fsp3) is 0.571. The zero-order valence-electron chi connectivity index (χ0n) is 7.04. The van der Waals surface area contributed by atoms with Gasteiger partial charge in [0.05, 0.1) is 24.3 Å². The Hall–Kier alpha value is -0.330. The van der Waals surface area contributed by atoms with E-state index < -0.39 is 18.2 Å². The number of carbonyl (C=O) groups excluding carboxylic acids is 1. The average Bonchev–Trinajstić information content (AvgIpc) is 2.42. The van der Waals surface area contributed by atoms with Crippen LogP contribution in [0.1, 0.15) is 0 Å². The first-order valence-electron chi connectivity index (χ1n) is 3.84. The zero-order valence-corrected chi connectivity index (χ0v) is 8.55. The molecule has 0 aromatic carbocycles. The van der Waals surface area contributed by atoms with Crippen molar-refractivity contribution in [2.75, 3.05) is 13.2 Å². The molecule has 0 spiro atoms. The van der Waals surface area contributed by atoms with Crippen molar-refractivity contribution in [3.63, 3.8) is 0 Å². The molecule has 14 heavy (non-hydrogen) atoms. The van der Waals surface area contributed by atoms with E-state index in [-0.39, 0.29) is 23.3 Å². The molecule has 0 aliphatic carbocycles. The minimum Gasteiger partial charge on any atom is -0.437 e. The summed E-state index contributed by atoms with van der Waals surface area (Å²) >= 11 is 11.1. The summed E-state index contributed by atoms with van der Waals surface area (Å²) in [6.45, 7) is -0.599. The summed E-state index contributed by atoms with van der Waals surface area (Å²) in [5.74, 6) is -0.719. The molecular formula is C7H9Cl2NO4. The number of halogens is 2. The van der Waals surface area contributed by atoms with Gasteiger partial charge in [-0.2, -0.15) is 0 Å². The second kappa shape index (κ2) is 4.95. The summed E-state index contributed by atoms with van der Waals surface area (Å²) in [6, 6.07) is -0.607. The van der Waals surface area contributed by atoms with E-state index in [0.29, 0.717) is 0 Å². The number of rotatable bonds is 4. The van der Waals surface area contributed by atoms with Crippen molar-refractivity contribution in [2.24, 2.45) is 0 Å². The first-order valence-corrected chi connectivity index (χ1v) is 4.59. The van der Waals surface area contributed by atoms with E-state index in [1.54, 1.807) is 0 Å². The highest BCUT2D eigenvalue weighted by Crippen LogP contribution is 2.27. The van der Waals surface area contributed by atoms with Crippen molar-refractivity contribution in [2.45, 2.75) is 12.3 Å². The zero-order chi connectivity index (χ0) is 10.7. The maximum atomic E-state index is 10.9. The van der Waals surface area contributed by atoms with Gasteiger partial charge in [0.15, 0.2) is 6.23 Å². The van der Waals surface area contributed by atoms with Crippen molar-refractivity contribution in [1.82, 2.24) is 5.32 Å². The Bertz CT molecular complexity index is 264. The van der Waals surface area contributed by atoms with E-state index in [1.165, 1.54) is 0 Å². The van der Waals surface area contributed by atoms with Crippen LogP contribution < -0.4 is 5.32 Å². The molecule has 0 saturated carbocycles. The number of nitrogens with one attached hydrogen (secondary N) is 1. The smallest absolute Gasteiger partial charge is 0.353 e. The minimum atomic E-state index is -0.888. The van der Waals surface area contributed by atoms with Crippen LogP contribution in [0, 0.1) is 0 Å². The Morgan fingerprint density at radius 3 is 2.36 bits per heavy atom. The van der Waals surface area contributed by atoms with Gasteiger partial charge in [-0.3, -0.25) is 5.32 Å². The van der Waals surface area contributed by atoms with Gasteiger partial charge in [0, 0.05) is 0 Å². The Balaban J connectivity index is 2.60. The third kappa shape index (κ3) is 2.37. The molecule has 0 fully saturated rings. The Morgan fingerprint density at radius 2 is 2.00 bits per heavy atom. The van der Waals surface area contributed by atoms with Crippen molar-refractivity contribution in [1.29, 1.82) is 0 Å². The average molecular weight is 242 g/mol. The van der Waals surface area contributed by atoms with Crippen LogP contribution in [-0.2, 0) is 9.53 Å². The van der Waals surface area contributed by atoms with Crippen molar-refractivity contribution >= 4 is 29.2 Å². The van der Waals surface area contributed by atoms with Crippen LogP contribution in [0.15, 0.2) is 10.1 Å². The summed E-state index contributed by atoms with van der Waals surface area (Å²) in [7, 11) is 0. The standard InChI is InChI=1S/C7H9Cl2NO4/c8-4-5(9)7(13)14-6(4)10-3(1-11)2-12/h3,6,10-12H,1-2H2. The predicted molar refractivity (Wildman–Crippen MR) is 49.7 cm³/mol. The number of aliphatic hydroxyl groups excluding tert-OH is 2. The second-order valence-corrected chi connectivity index (χ2v) is 3.46. The third-order valence-electron chi connectivity index (χ3n) is 1.67. The van der Waals surface area contributed by atoms with E-state index in [1.807, 2.05) is 0 Å². The lowest BCUT2D eigenvalue weighted by Crippen LogP contribution is -2.43. The molecule has 3 N–H and O–H groups in total. The lowest BCUT2D eigenvalue weighted by atomic mass is 10.3. The topological polar surface area (TPSA) is 78.8 Å². The van der Waals surface area contributed by atoms with Gasteiger partial charge in [-0.15, -0.1) is 0 Å². The Morgan fingerprint density at radius 1 is 1.43 bits per heavy atom. The molecule has 80 valence electrons. The van der Waals surface area contributed by atoms with Crippen molar-refractivity contribution < 1.29 is 19.7 Å². The van der Waals surface area contributed by atoms with Gasteiger partial charge in [0.25, 0.3) is 0 Å². The maximum Gasteiger partial charge on any atom is 0.353 e. The quantitative estimate of drug-likeness (QED) is 0.579. The van der Waals surface area contributed by atoms with Crippen LogP contribution in [-0.4, -0.2) is 41.7 Å². The van der Waals surface area contributed by atoms with E-state index in [2.05, 4.69) is 5.32 Å². The summed E-state index contributed by atoms with van der Waals surface area (Å²) in [4.78, 5) is 10.9. The third-order valence-corrected chi connectivity index (χ3v) is 2.51. The summed E-state index contributed by atoms with van der Waals surface area (Å²) in [5, 5.41) is 20.0. The fourth-order valence-corrected chi connectivity index (χ4v) is 1.24. The lowest BCUT2D eigenvalue weighted by molar-refractivity contribution is -0.140. The van der Waals surface area contributed by atoms with Crippen LogP contribution in [0.4, 0.5) is 0 Å². The lowest BCUT2D eigenvalue weighted by Gasteiger charge is -2.18. The molecule has 1 heterocycles. The number of ether oxygens (including phenoxy) is 1. The van der Waals surface area contributed by atoms with E-state index in [0.717, 1.165) is 0 Å².